The van der Waals surface area contributed by atoms with Crippen molar-refractivity contribution in [3.05, 3.63) is 60.3 Å². The molecule has 0 spiro atoms. The van der Waals surface area contributed by atoms with Crippen LogP contribution in [0.3, 0.4) is 0 Å². The Bertz CT molecular complexity index is 773. The molecule has 1 heterocycles. The molecule has 3 aromatic rings. The largest absolute Gasteiger partial charge is 0.508 e. The van der Waals surface area contributed by atoms with Gasteiger partial charge in [-0.2, -0.15) is 0 Å². The number of nitrogens with zero attached hydrogens (tertiary/aromatic N) is 1. The van der Waals surface area contributed by atoms with Crippen LogP contribution in [0.25, 0.3) is 21.0 Å². The molecule has 104 valence electrons. The van der Waals surface area contributed by atoms with E-state index >= 15 is 0 Å². The molecule has 21 heavy (non-hydrogen) atoms. The number of carbonyl (C=O) groups excluding carboxylic acids is 1. The van der Waals surface area contributed by atoms with Crippen LogP contribution in [0.4, 0.5) is 0 Å². The van der Waals surface area contributed by atoms with Crippen LogP contribution in [0.2, 0.25) is 0 Å². The second-order valence-corrected chi connectivity index (χ2v) is 5.74. The normalized spacial score (nSPS) is 10.5. The number of rotatable bonds is 3. The van der Waals surface area contributed by atoms with Crippen LogP contribution < -0.4 is 0 Å². The molecular weight excluding hydrogens is 282 g/mol. The van der Waals surface area contributed by atoms with E-state index in [2.05, 4.69) is 4.98 Å². The standard InChI is InChI=1S/C17H13NO2S/c1-11(19)12-2-4-13(5-3-12)16-10-18-17(21-16)14-6-8-15(20)9-7-14/h2-10,20H,1H3. The Morgan fingerprint density at radius 3 is 2.24 bits per heavy atom. The minimum Gasteiger partial charge on any atom is -0.508 e. The lowest BCUT2D eigenvalue weighted by molar-refractivity contribution is 0.101. The van der Waals surface area contributed by atoms with Gasteiger partial charge in [-0.1, -0.05) is 24.3 Å². The smallest absolute Gasteiger partial charge is 0.159 e. The van der Waals surface area contributed by atoms with Crippen molar-refractivity contribution in [1.29, 1.82) is 0 Å². The number of phenols is 1. The van der Waals surface area contributed by atoms with E-state index in [9.17, 15) is 9.90 Å². The minimum atomic E-state index is 0.0654. The Hall–Kier alpha value is -2.46. The number of aromatic hydroxyl groups is 1. The lowest BCUT2D eigenvalue weighted by atomic mass is 10.1. The first-order chi connectivity index (χ1) is 10.1. The highest BCUT2D eigenvalue weighted by atomic mass is 32.1. The van der Waals surface area contributed by atoms with Gasteiger partial charge in [0, 0.05) is 17.3 Å². The Morgan fingerprint density at radius 2 is 1.62 bits per heavy atom. The molecule has 0 radical (unpaired) electrons. The molecule has 0 aliphatic rings. The maximum atomic E-state index is 11.3. The van der Waals surface area contributed by atoms with E-state index in [0.717, 1.165) is 21.0 Å². The molecule has 3 rings (SSSR count). The summed E-state index contributed by atoms with van der Waals surface area (Å²) in [5.41, 5.74) is 2.73. The maximum Gasteiger partial charge on any atom is 0.159 e. The Kier molecular flexibility index (Phi) is 3.54. The number of hydrogen-bond donors (Lipinski definition) is 1. The van der Waals surface area contributed by atoms with E-state index in [4.69, 9.17) is 0 Å². The average Bonchev–Trinajstić information content (AvgIpc) is 2.98. The molecule has 0 unspecified atom stereocenters. The molecule has 1 N–H and O–H groups in total. The molecule has 4 heteroatoms. The van der Waals surface area contributed by atoms with Gasteiger partial charge in [-0.25, -0.2) is 4.98 Å². The minimum absolute atomic E-state index is 0.0654. The number of thiazole rings is 1. The molecular formula is C17H13NO2S. The molecule has 2 aromatic carbocycles. The zero-order valence-electron chi connectivity index (χ0n) is 11.4. The summed E-state index contributed by atoms with van der Waals surface area (Å²) < 4.78 is 0. The van der Waals surface area contributed by atoms with Crippen molar-refractivity contribution in [2.45, 2.75) is 6.92 Å². The van der Waals surface area contributed by atoms with E-state index < -0.39 is 0 Å². The third kappa shape index (κ3) is 2.85. The Balaban J connectivity index is 1.90. The van der Waals surface area contributed by atoms with Gasteiger partial charge in [-0.05, 0) is 36.8 Å². The van der Waals surface area contributed by atoms with E-state index in [0.29, 0.717) is 5.56 Å². The first-order valence-electron chi connectivity index (χ1n) is 6.50. The van der Waals surface area contributed by atoms with Crippen LogP contribution in [0, 0.1) is 0 Å². The predicted molar refractivity (Wildman–Crippen MR) is 84.7 cm³/mol. The van der Waals surface area contributed by atoms with Gasteiger partial charge in [-0.3, -0.25) is 4.79 Å². The number of Topliss-reactive ketones (excluding diaryl/α,β-unsaturated/α-hetero) is 1. The first-order valence-corrected chi connectivity index (χ1v) is 7.32. The van der Waals surface area contributed by atoms with Crippen molar-refractivity contribution >= 4 is 17.1 Å². The van der Waals surface area contributed by atoms with Crippen molar-refractivity contribution in [1.82, 2.24) is 4.98 Å². The van der Waals surface area contributed by atoms with Gasteiger partial charge >= 0.3 is 0 Å². The van der Waals surface area contributed by atoms with Crippen LogP contribution >= 0.6 is 11.3 Å². The van der Waals surface area contributed by atoms with Gasteiger partial charge in [-0.15, -0.1) is 11.3 Å². The number of ketones is 1. The van der Waals surface area contributed by atoms with Crippen molar-refractivity contribution in [2.24, 2.45) is 0 Å². The monoisotopic (exact) mass is 295 g/mol. The van der Waals surface area contributed by atoms with Crippen molar-refractivity contribution in [3.63, 3.8) is 0 Å². The van der Waals surface area contributed by atoms with E-state index in [1.165, 1.54) is 0 Å². The fraction of sp³-hybridized carbons (Fsp3) is 0.0588. The van der Waals surface area contributed by atoms with Crippen LogP contribution in [0.15, 0.2) is 54.7 Å². The predicted octanol–water partition coefficient (Wildman–Crippen LogP) is 4.39. The van der Waals surface area contributed by atoms with E-state index in [-0.39, 0.29) is 11.5 Å². The second-order valence-electron chi connectivity index (χ2n) is 4.71. The molecule has 0 amide bonds. The Labute approximate surface area is 126 Å². The van der Waals surface area contributed by atoms with Crippen molar-refractivity contribution < 1.29 is 9.90 Å². The highest BCUT2D eigenvalue weighted by molar-refractivity contribution is 7.18. The summed E-state index contributed by atoms with van der Waals surface area (Å²) in [4.78, 5) is 16.7. The quantitative estimate of drug-likeness (QED) is 0.729. The van der Waals surface area contributed by atoms with Gasteiger partial charge in [0.25, 0.3) is 0 Å². The number of carbonyl (C=O) groups is 1. The summed E-state index contributed by atoms with van der Waals surface area (Å²) in [6.07, 6.45) is 1.83. The number of hydrogen-bond acceptors (Lipinski definition) is 4. The SMILES string of the molecule is CC(=O)c1ccc(-c2cnc(-c3ccc(O)cc3)s2)cc1. The van der Waals surface area contributed by atoms with Gasteiger partial charge in [0.05, 0.1) is 4.88 Å². The zero-order chi connectivity index (χ0) is 14.8. The zero-order valence-corrected chi connectivity index (χ0v) is 12.2. The second kappa shape index (κ2) is 5.50. The van der Waals surface area contributed by atoms with Crippen LogP contribution in [0.5, 0.6) is 5.75 Å². The molecule has 1 aromatic heterocycles. The number of benzene rings is 2. The van der Waals surface area contributed by atoms with Crippen molar-refractivity contribution in [2.75, 3.05) is 0 Å². The molecule has 0 fully saturated rings. The lowest BCUT2D eigenvalue weighted by Crippen LogP contribution is -1.90. The molecule has 0 saturated carbocycles. The summed E-state index contributed by atoms with van der Waals surface area (Å²) in [6.45, 7) is 1.56. The number of aromatic nitrogens is 1. The van der Waals surface area contributed by atoms with E-state index in [1.807, 2.05) is 42.6 Å². The van der Waals surface area contributed by atoms with Gasteiger partial charge in [0.15, 0.2) is 5.78 Å². The molecule has 0 aliphatic carbocycles. The summed E-state index contributed by atoms with van der Waals surface area (Å²) >= 11 is 1.58. The Morgan fingerprint density at radius 1 is 1.00 bits per heavy atom. The van der Waals surface area contributed by atoms with Crippen LogP contribution in [-0.2, 0) is 0 Å². The van der Waals surface area contributed by atoms with Gasteiger partial charge < -0.3 is 5.11 Å². The maximum absolute atomic E-state index is 11.3. The molecule has 0 bridgehead atoms. The van der Waals surface area contributed by atoms with E-state index in [1.54, 1.807) is 30.4 Å². The lowest BCUT2D eigenvalue weighted by Gasteiger charge is -1.99. The summed E-state index contributed by atoms with van der Waals surface area (Å²) in [6, 6.07) is 14.5. The van der Waals surface area contributed by atoms with Crippen LogP contribution in [0.1, 0.15) is 17.3 Å². The highest BCUT2D eigenvalue weighted by Crippen LogP contribution is 2.32. The van der Waals surface area contributed by atoms with Crippen molar-refractivity contribution in [3.8, 4) is 26.8 Å². The third-order valence-corrected chi connectivity index (χ3v) is 4.29. The van der Waals surface area contributed by atoms with Crippen LogP contribution in [-0.4, -0.2) is 15.9 Å². The third-order valence-electron chi connectivity index (χ3n) is 3.20. The molecule has 0 saturated heterocycles. The first kappa shape index (κ1) is 13.5. The fourth-order valence-corrected chi connectivity index (χ4v) is 2.94. The van der Waals surface area contributed by atoms with Gasteiger partial charge in [0.1, 0.15) is 10.8 Å². The number of phenolic OH excluding ortho intramolecular Hbond substituents is 1. The summed E-state index contributed by atoms with van der Waals surface area (Å²) in [5, 5.41) is 10.2. The fourth-order valence-electron chi connectivity index (χ4n) is 2.01. The van der Waals surface area contributed by atoms with Gasteiger partial charge in [0.2, 0.25) is 0 Å². The summed E-state index contributed by atoms with van der Waals surface area (Å²) in [5.74, 6) is 0.311. The molecule has 3 nitrogen and oxygen atoms in total. The topological polar surface area (TPSA) is 50.2 Å². The molecule has 0 aliphatic heterocycles. The average molecular weight is 295 g/mol. The summed E-state index contributed by atoms with van der Waals surface area (Å²) in [7, 11) is 0. The highest BCUT2D eigenvalue weighted by Gasteiger charge is 2.07. The molecule has 0 atom stereocenters.